The van der Waals surface area contributed by atoms with Crippen molar-refractivity contribution < 1.29 is 22.9 Å². The molecular formula is C32H36B3F2N5O3S. The van der Waals surface area contributed by atoms with Crippen molar-refractivity contribution in [1.82, 2.24) is 24.2 Å². The van der Waals surface area contributed by atoms with Crippen molar-refractivity contribution in [3.05, 3.63) is 77.4 Å². The zero-order valence-corrected chi connectivity index (χ0v) is 27.8. The summed E-state index contributed by atoms with van der Waals surface area (Å²) in [7, 11) is 5.94. The van der Waals surface area contributed by atoms with Crippen molar-refractivity contribution in [2.75, 3.05) is 0 Å². The molecule has 7 rings (SSSR count). The first kappa shape index (κ1) is 31.3. The highest BCUT2D eigenvalue weighted by Crippen LogP contribution is 2.51. The highest BCUT2D eigenvalue weighted by atomic mass is 32.2. The minimum atomic E-state index is -3.02. The molecule has 0 spiro atoms. The molecule has 2 aromatic carbocycles. The zero-order valence-electron chi connectivity index (χ0n) is 26.9. The molecule has 14 heteroatoms. The Labute approximate surface area is 273 Å². The number of alkyl halides is 2. The monoisotopic (exact) mass is 641 g/mol. The van der Waals surface area contributed by atoms with Crippen LogP contribution in [-0.4, -0.2) is 70.0 Å². The average Bonchev–Trinajstić information content (AvgIpc) is 3.46. The summed E-state index contributed by atoms with van der Waals surface area (Å²) in [6.07, 6.45) is 5.17. The molecule has 0 radical (unpaired) electrons. The van der Waals surface area contributed by atoms with E-state index in [0.717, 1.165) is 52.9 Å². The largest absolute Gasteiger partial charge is 0.598 e. The van der Waals surface area contributed by atoms with Crippen molar-refractivity contribution in [2.24, 2.45) is 0 Å². The molecule has 1 saturated carbocycles. The molecule has 4 heterocycles. The first-order chi connectivity index (χ1) is 21.7. The summed E-state index contributed by atoms with van der Waals surface area (Å²) < 4.78 is 50.3. The number of hydrogen-bond acceptors (Lipinski definition) is 6. The number of hydrogen-bond donors (Lipinski definition) is 1. The van der Waals surface area contributed by atoms with E-state index in [1.807, 2.05) is 79.7 Å². The molecule has 8 nitrogen and oxygen atoms in total. The van der Waals surface area contributed by atoms with Crippen molar-refractivity contribution in [3.8, 4) is 16.9 Å². The van der Waals surface area contributed by atoms with Crippen LogP contribution in [0.3, 0.4) is 0 Å². The van der Waals surface area contributed by atoms with Gasteiger partial charge in [-0.1, -0.05) is 18.2 Å². The molecule has 3 atom stereocenters. The second-order valence-corrected chi connectivity index (χ2v) is 16.6. The number of benzene rings is 2. The fraction of sp³-hybridized carbons (Fsp3) is 0.406. The van der Waals surface area contributed by atoms with Gasteiger partial charge in [-0.3, -0.25) is 9.78 Å². The number of nitrogens with one attached hydrogen (secondary N) is 1. The first-order valence-corrected chi connectivity index (χ1v) is 16.9. The van der Waals surface area contributed by atoms with Gasteiger partial charge in [0.05, 0.1) is 28.8 Å². The van der Waals surface area contributed by atoms with Gasteiger partial charge in [0.2, 0.25) is 0 Å². The van der Waals surface area contributed by atoms with E-state index >= 15 is 0 Å². The van der Waals surface area contributed by atoms with Crippen LogP contribution in [-0.2, 0) is 16.9 Å². The van der Waals surface area contributed by atoms with Crippen LogP contribution in [0.5, 0.6) is 5.75 Å². The molecule has 1 unspecified atom stereocenters. The SMILES string of the molecule is BC(B)(B)N1C(=O)c2cccc(OC(F)F)c2[C@H]2C[C@@H]1c1nc3ccc(-c4ccc(C5(N[S+]([O-])C(C)(C)C)CCC5)nc4)cc3n12. The molecule has 4 aromatic rings. The summed E-state index contributed by atoms with van der Waals surface area (Å²) in [5.41, 5.74) is 4.78. The molecule has 0 saturated heterocycles. The van der Waals surface area contributed by atoms with Gasteiger partial charge in [0.1, 0.15) is 45.4 Å². The number of fused-ring (bicyclic) bond motifs is 9. The molecule has 1 amide bonds. The molecular weight excluding hydrogens is 605 g/mol. The van der Waals surface area contributed by atoms with Gasteiger partial charge < -0.3 is 18.8 Å². The zero-order chi connectivity index (χ0) is 32.8. The molecule has 2 bridgehead atoms. The van der Waals surface area contributed by atoms with Gasteiger partial charge in [-0.05, 0) is 81.2 Å². The Hall–Kier alpha value is -3.35. The topological polar surface area (TPSA) is 95.3 Å². The quantitative estimate of drug-likeness (QED) is 0.247. The predicted molar refractivity (Wildman–Crippen MR) is 183 cm³/mol. The third-order valence-corrected chi connectivity index (χ3v) is 11.2. The van der Waals surface area contributed by atoms with E-state index in [4.69, 9.17) is 14.7 Å². The van der Waals surface area contributed by atoms with Crippen molar-refractivity contribution in [3.63, 3.8) is 0 Å². The average molecular weight is 641 g/mol. The number of ether oxygens (including phenoxy) is 1. The number of amides is 1. The molecule has 1 aliphatic carbocycles. The van der Waals surface area contributed by atoms with Crippen LogP contribution in [0.1, 0.15) is 86.0 Å². The summed E-state index contributed by atoms with van der Waals surface area (Å²) in [6.45, 7) is 2.86. The summed E-state index contributed by atoms with van der Waals surface area (Å²) >= 11 is -1.22. The second-order valence-electron chi connectivity index (χ2n) is 14.6. The molecule has 2 aromatic heterocycles. The number of pyridine rings is 1. The van der Waals surface area contributed by atoms with Gasteiger partial charge in [-0.2, -0.15) is 8.78 Å². The van der Waals surface area contributed by atoms with Crippen LogP contribution in [0.15, 0.2) is 54.7 Å². The maximum Gasteiger partial charge on any atom is 0.387 e. The summed E-state index contributed by atoms with van der Waals surface area (Å²) in [4.78, 5) is 25.7. The van der Waals surface area contributed by atoms with Gasteiger partial charge in [0.15, 0.2) is 0 Å². The van der Waals surface area contributed by atoms with Crippen LogP contribution >= 0.6 is 0 Å². The third-order valence-electron chi connectivity index (χ3n) is 9.51. The van der Waals surface area contributed by atoms with E-state index in [2.05, 4.69) is 15.4 Å². The highest BCUT2D eigenvalue weighted by Gasteiger charge is 2.49. The Morgan fingerprint density at radius 3 is 2.43 bits per heavy atom. The Morgan fingerprint density at radius 1 is 1.09 bits per heavy atom. The minimum absolute atomic E-state index is 0.0110. The number of aromatic nitrogens is 3. The van der Waals surface area contributed by atoms with E-state index in [9.17, 15) is 18.1 Å². The van der Waals surface area contributed by atoms with Gasteiger partial charge >= 0.3 is 6.61 Å². The molecule has 2 aliphatic heterocycles. The Kier molecular flexibility index (Phi) is 7.37. The predicted octanol–water partition coefficient (Wildman–Crippen LogP) is 3.13. The lowest BCUT2D eigenvalue weighted by Gasteiger charge is -2.43. The molecule has 46 heavy (non-hydrogen) atoms. The number of carbonyl (C=O) groups excluding carboxylic acids is 1. The fourth-order valence-corrected chi connectivity index (χ4v) is 8.15. The van der Waals surface area contributed by atoms with Crippen LogP contribution < -0.4 is 9.46 Å². The van der Waals surface area contributed by atoms with Crippen molar-refractivity contribution in [1.29, 1.82) is 0 Å². The Morgan fingerprint density at radius 2 is 1.83 bits per heavy atom. The smallest absolute Gasteiger partial charge is 0.387 e. The summed E-state index contributed by atoms with van der Waals surface area (Å²) in [5, 5.41) is -0.550. The van der Waals surface area contributed by atoms with Crippen LogP contribution in [0.25, 0.3) is 22.2 Å². The lowest BCUT2D eigenvalue weighted by molar-refractivity contribution is -0.0507. The number of nitrogens with zero attached hydrogens (tertiary/aromatic N) is 4. The van der Waals surface area contributed by atoms with Gasteiger partial charge in [0, 0.05) is 40.7 Å². The van der Waals surface area contributed by atoms with Gasteiger partial charge in [-0.15, -0.1) is 4.72 Å². The maximum absolute atomic E-state index is 14.0. The van der Waals surface area contributed by atoms with E-state index in [1.165, 1.54) is 6.07 Å². The Balaban J connectivity index is 1.31. The third kappa shape index (κ3) is 5.04. The van der Waals surface area contributed by atoms with Crippen LogP contribution in [0.2, 0.25) is 0 Å². The van der Waals surface area contributed by atoms with Crippen molar-refractivity contribution >= 4 is 51.8 Å². The van der Waals surface area contributed by atoms with Crippen LogP contribution in [0.4, 0.5) is 8.78 Å². The van der Waals surface area contributed by atoms with E-state index in [1.54, 1.807) is 12.1 Å². The molecule has 1 fully saturated rings. The number of carbonyl (C=O) groups is 1. The second kappa shape index (κ2) is 10.9. The van der Waals surface area contributed by atoms with Crippen molar-refractivity contribution in [2.45, 2.75) is 80.7 Å². The normalized spacial score (nSPS) is 21.1. The van der Waals surface area contributed by atoms with Gasteiger partial charge in [0.25, 0.3) is 5.91 Å². The molecule has 1 N–H and O–H groups in total. The Bertz CT molecular complexity index is 1840. The molecule has 236 valence electrons. The summed E-state index contributed by atoms with van der Waals surface area (Å²) in [5.74, 6) is 0.526. The maximum atomic E-state index is 14.0. The number of imidazole rings is 1. The van der Waals surface area contributed by atoms with E-state index < -0.39 is 34.8 Å². The summed E-state index contributed by atoms with van der Waals surface area (Å²) in [6, 6.07) is 14.1. The fourth-order valence-electron chi connectivity index (χ4n) is 7.18. The number of rotatable bonds is 7. The standard InChI is InChI=1S/C32H36B3F2N5O3S/c1-30(2,3)46(44)40-31(12-5-13-31)25-11-9-18(16-38-25)17-8-10-20-21(14-17)41-22-15-23(27(41)39-20)42(32(33,34)35)28(43)19-6-4-7-24(26(19)22)45-29(36)37/h4,6-11,14,16,22-23,29,40H,5,12-13,15,33-35H2,1-3H3/t22-,23-,46?/m1/s1. The lowest BCUT2D eigenvalue weighted by Crippen LogP contribution is -2.55. The van der Waals surface area contributed by atoms with E-state index in [0.29, 0.717) is 17.5 Å². The first-order valence-electron chi connectivity index (χ1n) is 15.8. The van der Waals surface area contributed by atoms with Crippen LogP contribution in [0, 0.1) is 0 Å². The van der Waals surface area contributed by atoms with E-state index in [-0.39, 0.29) is 22.4 Å². The van der Waals surface area contributed by atoms with Gasteiger partial charge in [-0.25, -0.2) is 4.98 Å². The minimum Gasteiger partial charge on any atom is -0.598 e. The molecule has 3 aliphatic rings. The lowest BCUT2D eigenvalue weighted by atomic mass is 9.48. The number of halogens is 2. The highest BCUT2D eigenvalue weighted by molar-refractivity contribution is 7.90.